The van der Waals surface area contributed by atoms with E-state index in [4.69, 9.17) is 14.5 Å². The Bertz CT molecular complexity index is 841. The van der Waals surface area contributed by atoms with Crippen molar-refractivity contribution in [2.75, 3.05) is 5.75 Å². The Morgan fingerprint density at radius 2 is 1.70 bits per heavy atom. The van der Waals surface area contributed by atoms with Gasteiger partial charge in [-0.25, -0.2) is 14.6 Å². The molecule has 0 saturated heterocycles. The van der Waals surface area contributed by atoms with Gasteiger partial charge in [-0.2, -0.15) is 4.90 Å². The molecule has 30 heavy (non-hydrogen) atoms. The lowest BCUT2D eigenvalue weighted by Gasteiger charge is -2.39. The van der Waals surface area contributed by atoms with Gasteiger partial charge in [0, 0.05) is 10.6 Å². The number of carbonyl (C=O) groups excluding carboxylic acids is 2. The normalized spacial score (nSPS) is 21.6. The fourth-order valence-corrected chi connectivity index (χ4v) is 6.54. The SMILES string of the molecule is CC(C)(C)OC(=O)N(C(=O)OC(C)(C)C)C1=NC2(CCCc3sc(Br)cc32)CCS1. The largest absolute Gasteiger partial charge is 0.443 e. The van der Waals surface area contributed by atoms with Gasteiger partial charge in [-0.1, -0.05) is 11.8 Å². The molecule has 0 saturated carbocycles. The molecule has 0 N–H and O–H groups in total. The minimum absolute atomic E-state index is 0.347. The second-order valence-corrected chi connectivity index (χ2v) is 13.1. The van der Waals surface area contributed by atoms with E-state index in [0.29, 0.717) is 5.17 Å². The summed E-state index contributed by atoms with van der Waals surface area (Å²) in [6, 6.07) is 2.14. The number of halogens is 1. The molecular formula is C21H29BrN2O4S2. The van der Waals surface area contributed by atoms with Crippen LogP contribution in [0.4, 0.5) is 9.59 Å². The summed E-state index contributed by atoms with van der Waals surface area (Å²) in [4.78, 5) is 33.3. The smallest absolute Gasteiger partial charge is 0.426 e. The molecule has 0 radical (unpaired) electrons. The van der Waals surface area contributed by atoms with Gasteiger partial charge >= 0.3 is 12.2 Å². The standard InChI is InChI=1S/C21H29BrN2O4S2/c1-19(2,3)27-17(25)24(18(26)28-20(4,5)6)16-23-21(10-11-29-16)9-7-8-14-13(21)12-15(22)30-14/h12H,7-11H2,1-6H3. The van der Waals surface area contributed by atoms with E-state index in [1.165, 1.54) is 22.2 Å². The molecule has 1 unspecified atom stereocenters. The second-order valence-electron chi connectivity index (χ2n) is 9.56. The van der Waals surface area contributed by atoms with Gasteiger partial charge in [-0.3, -0.25) is 0 Å². The van der Waals surface area contributed by atoms with E-state index in [1.54, 1.807) is 52.9 Å². The summed E-state index contributed by atoms with van der Waals surface area (Å²) in [5.41, 5.74) is -0.702. The minimum atomic E-state index is -0.761. The van der Waals surface area contributed by atoms with Crippen LogP contribution >= 0.6 is 39.0 Å². The molecule has 9 heteroatoms. The highest BCUT2D eigenvalue weighted by Gasteiger charge is 2.44. The molecule has 1 spiro atoms. The van der Waals surface area contributed by atoms with Crippen molar-refractivity contribution in [3.63, 3.8) is 0 Å². The van der Waals surface area contributed by atoms with Crippen LogP contribution in [-0.2, 0) is 21.4 Å². The topological polar surface area (TPSA) is 68.2 Å². The number of aliphatic imine (C=N–C) groups is 1. The van der Waals surface area contributed by atoms with E-state index in [1.807, 2.05) is 0 Å². The zero-order chi connectivity index (χ0) is 22.3. The van der Waals surface area contributed by atoms with Gasteiger partial charge in [0.25, 0.3) is 0 Å². The van der Waals surface area contributed by atoms with E-state index in [2.05, 4.69) is 22.0 Å². The maximum Gasteiger partial charge on any atom is 0.426 e. The highest BCUT2D eigenvalue weighted by molar-refractivity contribution is 9.11. The van der Waals surface area contributed by atoms with E-state index in [9.17, 15) is 9.59 Å². The number of amidine groups is 1. The van der Waals surface area contributed by atoms with Gasteiger partial charge < -0.3 is 9.47 Å². The number of hydrogen-bond donors (Lipinski definition) is 0. The Morgan fingerprint density at radius 1 is 1.10 bits per heavy atom. The van der Waals surface area contributed by atoms with Gasteiger partial charge in [0.05, 0.1) is 9.33 Å². The van der Waals surface area contributed by atoms with E-state index < -0.39 is 28.9 Å². The number of carbonyl (C=O) groups is 2. The Hall–Kier alpha value is -1.06. The van der Waals surface area contributed by atoms with Crippen LogP contribution in [0.5, 0.6) is 0 Å². The van der Waals surface area contributed by atoms with Crippen LogP contribution in [0.15, 0.2) is 14.8 Å². The number of thiophene rings is 1. The Labute approximate surface area is 194 Å². The van der Waals surface area contributed by atoms with Gasteiger partial charge in [-0.15, -0.1) is 11.3 Å². The molecule has 0 aromatic carbocycles. The van der Waals surface area contributed by atoms with Crippen LogP contribution in [0.2, 0.25) is 0 Å². The average molecular weight is 518 g/mol. The Kier molecular flexibility index (Phi) is 6.66. The molecule has 1 aromatic heterocycles. The van der Waals surface area contributed by atoms with Crippen molar-refractivity contribution in [1.29, 1.82) is 0 Å². The number of hydrogen-bond acceptors (Lipinski definition) is 7. The number of fused-ring (bicyclic) bond motifs is 2. The fraction of sp³-hybridized carbons (Fsp3) is 0.667. The third kappa shape index (κ3) is 5.40. The van der Waals surface area contributed by atoms with Gasteiger partial charge in [-0.05, 0) is 94.8 Å². The van der Waals surface area contributed by atoms with Gasteiger partial charge in [0.2, 0.25) is 0 Å². The van der Waals surface area contributed by atoms with Crippen LogP contribution in [0.3, 0.4) is 0 Å². The molecule has 0 bridgehead atoms. The molecule has 1 atom stereocenters. The molecule has 1 aliphatic heterocycles. The molecule has 3 rings (SSSR count). The summed E-state index contributed by atoms with van der Waals surface area (Å²) in [6.07, 6.45) is 2.30. The van der Waals surface area contributed by atoms with Crippen molar-refractivity contribution in [2.45, 2.75) is 84.0 Å². The molecule has 2 amide bonds. The van der Waals surface area contributed by atoms with Crippen molar-refractivity contribution in [3.05, 3.63) is 20.3 Å². The number of aryl methyl sites for hydroxylation is 1. The molecule has 166 valence electrons. The number of nitrogens with zero attached hydrogens (tertiary/aromatic N) is 2. The second kappa shape index (κ2) is 8.47. The monoisotopic (exact) mass is 516 g/mol. The molecule has 1 aliphatic carbocycles. The van der Waals surface area contributed by atoms with Crippen LogP contribution in [-0.4, -0.2) is 39.2 Å². The van der Waals surface area contributed by atoms with Gasteiger partial charge in [0.15, 0.2) is 5.17 Å². The quantitative estimate of drug-likeness (QED) is 0.383. The minimum Gasteiger partial charge on any atom is -0.443 e. The van der Waals surface area contributed by atoms with Crippen molar-refractivity contribution < 1.29 is 19.1 Å². The number of imide groups is 1. The molecule has 2 aliphatic rings. The fourth-order valence-electron chi connectivity index (χ4n) is 3.57. The Balaban J connectivity index is 2.02. The predicted octanol–water partition coefficient (Wildman–Crippen LogP) is 6.71. The van der Waals surface area contributed by atoms with Crippen molar-refractivity contribution in [3.8, 4) is 0 Å². The van der Waals surface area contributed by atoms with Crippen LogP contribution < -0.4 is 0 Å². The highest BCUT2D eigenvalue weighted by atomic mass is 79.9. The number of rotatable bonds is 0. The Morgan fingerprint density at radius 3 is 2.27 bits per heavy atom. The van der Waals surface area contributed by atoms with E-state index >= 15 is 0 Å². The third-order valence-corrected chi connectivity index (χ3v) is 7.31. The zero-order valence-electron chi connectivity index (χ0n) is 18.3. The van der Waals surface area contributed by atoms with Crippen molar-refractivity contribution >= 4 is 56.4 Å². The summed E-state index contributed by atoms with van der Waals surface area (Å²) in [5.74, 6) is 0.758. The molecule has 2 heterocycles. The lowest BCUT2D eigenvalue weighted by atomic mass is 9.79. The zero-order valence-corrected chi connectivity index (χ0v) is 21.6. The summed E-state index contributed by atoms with van der Waals surface area (Å²) in [5, 5.41) is 0.347. The van der Waals surface area contributed by atoms with Crippen LogP contribution in [0.25, 0.3) is 0 Å². The lowest BCUT2D eigenvalue weighted by Crippen LogP contribution is -2.48. The van der Waals surface area contributed by atoms with E-state index in [-0.39, 0.29) is 0 Å². The number of thioether (sulfide) groups is 1. The number of ether oxygens (including phenoxy) is 2. The van der Waals surface area contributed by atoms with Crippen LogP contribution in [0.1, 0.15) is 71.2 Å². The first kappa shape index (κ1) is 23.6. The van der Waals surface area contributed by atoms with E-state index in [0.717, 1.165) is 40.1 Å². The summed E-state index contributed by atoms with van der Waals surface area (Å²) in [6.45, 7) is 10.6. The van der Waals surface area contributed by atoms with Crippen molar-refractivity contribution in [2.24, 2.45) is 4.99 Å². The van der Waals surface area contributed by atoms with Crippen molar-refractivity contribution in [1.82, 2.24) is 4.90 Å². The third-order valence-electron chi connectivity index (χ3n) is 4.67. The predicted molar refractivity (Wildman–Crippen MR) is 125 cm³/mol. The first-order chi connectivity index (χ1) is 13.8. The van der Waals surface area contributed by atoms with Gasteiger partial charge in [0.1, 0.15) is 11.2 Å². The highest BCUT2D eigenvalue weighted by Crippen LogP contribution is 2.48. The first-order valence-electron chi connectivity index (χ1n) is 10.1. The first-order valence-corrected chi connectivity index (χ1v) is 12.7. The maximum atomic E-state index is 13.0. The lowest BCUT2D eigenvalue weighted by molar-refractivity contribution is 0.0151. The molecule has 6 nitrogen and oxygen atoms in total. The summed E-state index contributed by atoms with van der Waals surface area (Å²) < 4.78 is 12.1. The van der Waals surface area contributed by atoms with Crippen LogP contribution in [0, 0.1) is 0 Å². The average Bonchev–Trinajstić information content (AvgIpc) is 2.94. The summed E-state index contributed by atoms with van der Waals surface area (Å²) in [7, 11) is 0. The number of amides is 2. The summed E-state index contributed by atoms with van der Waals surface area (Å²) >= 11 is 6.74. The molecule has 1 aromatic rings. The molecule has 0 fully saturated rings. The molecular weight excluding hydrogens is 488 g/mol. The maximum absolute atomic E-state index is 13.0.